The molecule has 4 N–H and O–H groups in total. The Morgan fingerprint density at radius 3 is 2.46 bits per heavy atom. The maximum Gasteiger partial charge on any atom is 0.267 e. The average Bonchev–Trinajstić information content (AvgIpc) is 2.17. The van der Waals surface area contributed by atoms with Crippen LogP contribution in [0, 0.1) is 6.92 Å². The molecule has 70 valence electrons. The van der Waals surface area contributed by atoms with Gasteiger partial charge in [0.1, 0.15) is 0 Å². The second kappa shape index (κ2) is 4.02. The standard InChI is InChI=1S/C9H12N2O2/c1-6-2-4-7(5-3-6)8(12)9(13)11-10/h2-5,8,12H,10H2,1H3,(H,11,13). The average molecular weight is 180 g/mol. The molecule has 13 heavy (non-hydrogen) atoms. The Hall–Kier alpha value is -1.39. The first-order valence-corrected chi connectivity index (χ1v) is 3.90. The van der Waals surface area contributed by atoms with E-state index in [1.165, 1.54) is 0 Å². The van der Waals surface area contributed by atoms with E-state index in [1.54, 1.807) is 12.1 Å². The summed E-state index contributed by atoms with van der Waals surface area (Å²) in [5, 5.41) is 9.39. The summed E-state index contributed by atoms with van der Waals surface area (Å²) in [7, 11) is 0. The first kappa shape index (κ1) is 9.70. The van der Waals surface area contributed by atoms with Gasteiger partial charge in [-0.25, -0.2) is 5.84 Å². The number of aryl methyl sites for hydroxylation is 1. The number of hydrogen-bond acceptors (Lipinski definition) is 3. The minimum atomic E-state index is -1.19. The molecule has 0 radical (unpaired) electrons. The van der Waals surface area contributed by atoms with Crippen LogP contribution >= 0.6 is 0 Å². The number of hydrogen-bond donors (Lipinski definition) is 3. The number of benzene rings is 1. The molecule has 0 aliphatic heterocycles. The van der Waals surface area contributed by atoms with Crippen molar-refractivity contribution in [1.29, 1.82) is 0 Å². The van der Waals surface area contributed by atoms with Crippen LogP contribution in [-0.2, 0) is 4.79 Å². The van der Waals surface area contributed by atoms with E-state index < -0.39 is 12.0 Å². The van der Waals surface area contributed by atoms with Crippen LogP contribution in [-0.4, -0.2) is 11.0 Å². The lowest BCUT2D eigenvalue weighted by Gasteiger charge is -2.08. The topological polar surface area (TPSA) is 75.3 Å². The van der Waals surface area contributed by atoms with Gasteiger partial charge in [-0.3, -0.25) is 10.2 Å². The first-order chi connectivity index (χ1) is 6.15. The third-order valence-corrected chi connectivity index (χ3v) is 1.78. The van der Waals surface area contributed by atoms with E-state index >= 15 is 0 Å². The minimum Gasteiger partial charge on any atom is -0.378 e. The zero-order chi connectivity index (χ0) is 9.84. The third kappa shape index (κ3) is 2.27. The molecule has 0 aliphatic carbocycles. The van der Waals surface area contributed by atoms with Gasteiger partial charge in [-0.05, 0) is 12.5 Å². The quantitative estimate of drug-likeness (QED) is 0.341. The molecule has 1 amide bonds. The van der Waals surface area contributed by atoms with Crippen molar-refractivity contribution in [3.05, 3.63) is 35.4 Å². The molecule has 1 atom stereocenters. The van der Waals surface area contributed by atoms with E-state index in [0.717, 1.165) is 5.56 Å². The molecule has 0 saturated carbocycles. The molecular formula is C9H12N2O2. The number of rotatable bonds is 2. The molecule has 0 spiro atoms. The number of hydrazine groups is 1. The van der Waals surface area contributed by atoms with Gasteiger partial charge in [-0.1, -0.05) is 29.8 Å². The lowest BCUT2D eigenvalue weighted by Crippen LogP contribution is -2.34. The highest BCUT2D eigenvalue weighted by Crippen LogP contribution is 2.12. The molecule has 1 aromatic carbocycles. The Labute approximate surface area is 76.3 Å². The van der Waals surface area contributed by atoms with Crippen LogP contribution in [0.15, 0.2) is 24.3 Å². The normalized spacial score (nSPS) is 12.2. The predicted octanol–water partition coefficient (Wildman–Crippen LogP) is 0.0183. The molecule has 0 heterocycles. The minimum absolute atomic E-state index is 0.536. The zero-order valence-corrected chi connectivity index (χ0v) is 7.32. The molecule has 1 rings (SSSR count). The number of amides is 1. The van der Waals surface area contributed by atoms with Crippen molar-refractivity contribution >= 4 is 5.91 Å². The second-order valence-corrected chi connectivity index (χ2v) is 2.82. The first-order valence-electron chi connectivity index (χ1n) is 3.90. The van der Waals surface area contributed by atoms with Gasteiger partial charge < -0.3 is 5.11 Å². The molecule has 0 fully saturated rings. The van der Waals surface area contributed by atoms with Crippen LogP contribution in [0.4, 0.5) is 0 Å². The highest BCUT2D eigenvalue weighted by atomic mass is 16.3. The Morgan fingerprint density at radius 2 is 2.00 bits per heavy atom. The Bertz CT molecular complexity index is 295. The van der Waals surface area contributed by atoms with Gasteiger partial charge in [0.15, 0.2) is 6.10 Å². The van der Waals surface area contributed by atoms with E-state index in [4.69, 9.17) is 5.84 Å². The molecule has 1 unspecified atom stereocenters. The van der Waals surface area contributed by atoms with Gasteiger partial charge in [-0.15, -0.1) is 0 Å². The maximum absolute atomic E-state index is 10.9. The lowest BCUT2D eigenvalue weighted by atomic mass is 10.1. The Morgan fingerprint density at radius 1 is 1.46 bits per heavy atom. The molecule has 0 aromatic heterocycles. The summed E-state index contributed by atoms with van der Waals surface area (Å²) in [5.41, 5.74) is 3.50. The SMILES string of the molecule is Cc1ccc(C(O)C(=O)NN)cc1. The third-order valence-electron chi connectivity index (χ3n) is 1.78. The zero-order valence-electron chi connectivity index (χ0n) is 7.32. The van der Waals surface area contributed by atoms with E-state index in [2.05, 4.69) is 0 Å². The Kier molecular flexibility index (Phi) is 3.00. The molecule has 4 nitrogen and oxygen atoms in total. The maximum atomic E-state index is 10.9. The van der Waals surface area contributed by atoms with Crippen LogP contribution in [0.5, 0.6) is 0 Å². The number of aliphatic hydroxyl groups is 1. The molecule has 0 aliphatic rings. The fraction of sp³-hybridized carbons (Fsp3) is 0.222. The van der Waals surface area contributed by atoms with Gasteiger partial charge in [0.25, 0.3) is 5.91 Å². The molecular weight excluding hydrogens is 168 g/mol. The summed E-state index contributed by atoms with van der Waals surface area (Å²) in [4.78, 5) is 10.9. The lowest BCUT2D eigenvalue weighted by molar-refractivity contribution is -0.129. The van der Waals surface area contributed by atoms with E-state index in [0.29, 0.717) is 5.56 Å². The fourth-order valence-electron chi connectivity index (χ4n) is 0.979. The van der Waals surface area contributed by atoms with Crippen LogP contribution in [0.25, 0.3) is 0 Å². The van der Waals surface area contributed by atoms with Crippen molar-refractivity contribution in [3.63, 3.8) is 0 Å². The van der Waals surface area contributed by atoms with Gasteiger partial charge in [0.2, 0.25) is 0 Å². The van der Waals surface area contributed by atoms with Crippen molar-refractivity contribution in [2.75, 3.05) is 0 Å². The smallest absolute Gasteiger partial charge is 0.267 e. The van der Waals surface area contributed by atoms with E-state index in [9.17, 15) is 9.90 Å². The van der Waals surface area contributed by atoms with Crippen molar-refractivity contribution in [2.24, 2.45) is 5.84 Å². The summed E-state index contributed by atoms with van der Waals surface area (Å²) in [6, 6.07) is 7.02. The monoisotopic (exact) mass is 180 g/mol. The number of carbonyl (C=O) groups is 1. The van der Waals surface area contributed by atoms with Gasteiger partial charge in [-0.2, -0.15) is 0 Å². The summed E-state index contributed by atoms with van der Waals surface area (Å²) >= 11 is 0. The van der Waals surface area contributed by atoms with Crippen LogP contribution < -0.4 is 11.3 Å². The summed E-state index contributed by atoms with van der Waals surface area (Å²) in [6.45, 7) is 1.93. The van der Waals surface area contributed by atoms with Crippen molar-refractivity contribution in [2.45, 2.75) is 13.0 Å². The number of carbonyl (C=O) groups excluding carboxylic acids is 1. The van der Waals surface area contributed by atoms with Crippen molar-refractivity contribution in [1.82, 2.24) is 5.43 Å². The van der Waals surface area contributed by atoms with Crippen LogP contribution in [0.1, 0.15) is 17.2 Å². The fourth-order valence-corrected chi connectivity index (χ4v) is 0.979. The highest BCUT2D eigenvalue weighted by molar-refractivity contribution is 5.81. The van der Waals surface area contributed by atoms with E-state index in [-0.39, 0.29) is 0 Å². The summed E-state index contributed by atoms with van der Waals surface area (Å²) in [6.07, 6.45) is -1.19. The summed E-state index contributed by atoms with van der Waals surface area (Å²) in [5.74, 6) is 4.27. The molecule has 0 bridgehead atoms. The molecule has 1 aromatic rings. The molecule has 4 heteroatoms. The summed E-state index contributed by atoms with van der Waals surface area (Å²) < 4.78 is 0. The van der Waals surface area contributed by atoms with E-state index in [1.807, 2.05) is 24.5 Å². The van der Waals surface area contributed by atoms with Crippen LogP contribution in [0.3, 0.4) is 0 Å². The van der Waals surface area contributed by atoms with Gasteiger partial charge in [0.05, 0.1) is 0 Å². The van der Waals surface area contributed by atoms with Gasteiger partial charge >= 0.3 is 0 Å². The Balaban J connectivity index is 2.83. The number of nitrogens with two attached hydrogens (primary N) is 1. The molecule has 0 saturated heterocycles. The predicted molar refractivity (Wildman–Crippen MR) is 48.5 cm³/mol. The highest BCUT2D eigenvalue weighted by Gasteiger charge is 2.14. The van der Waals surface area contributed by atoms with Gasteiger partial charge in [0, 0.05) is 0 Å². The van der Waals surface area contributed by atoms with Crippen molar-refractivity contribution < 1.29 is 9.90 Å². The second-order valence-electron chi connectivity index (χ2n) is 2.82. The number of nitrogens with one attached hydrogen (secondary N) is 1. The van der Waals surface area contributed by atoms with Crippen LogP contribution in [0.2, 0.25) is 0 Å². The van der Waals surface area contributed by atoms with Crippen molar-refractivity contribution in [3.8, 4) is 0 Å². The largest absolute Gasteiger partial charge is 0.378 e. The number of aliphatic hydroxyl groups excluding tert-OH is 1.